The van der Waals surface area contributed by atoms with Gasteiger partial charge >= 0.3 is 0 Å². The minimum absolute atomic E-state index is 0. The largest absolute Gasteiger partial charge is 0.324 e. The lowest BCUT2D eigenvalue weighted by Crippen LogP contribution is -2.36. The molecule has 1 saturated carbocycles. The predicted molar refractivity (Wildman–Crippen MR) is 66.1 cm³/mol. The Morgan fingerprint density at radius 3 is 2.69 bits per heavy atom. The van der Waals surface area contributed by atoms with E-state index in [-0.39, 0.29) is 23.8 Å². The lowest BCUT2D eigenvalue weighted by Gasteiger charge is -2.20. The predicted octanol–water partition coefficient (Wildman–Crippen LogP) is 2.17. The Bertz CT molecular complexity index is 353. The number of hydrogen-bond acceptors (Lipinski definition) is 2. The Kier molecular flexibility index (Phi) is 4.30. The Hall–Kier alpha value is -0.640. The molecule has 0 heterocycles. The smallest absolute Gasteiger partial charge is 0.123 e. The molecule has 2 rings (SSSR count). The molecule has 1 aromatic rings. The SMILES string of the molecule is CN(Cc1cccc(F)c1)CC1(N)CC1.Cl. The van der Waals surface area contributed by atoms with Crippen LogP contribution in [-0.4, -0.2) is 24.0 Å². The van der Waals surface area contributed by atoms with Crippen LogP contribution in [0.25, 0.3) is 0 Å². The van der Waals surface area contributed by atoms with Crippen molar-refractivity contribution in [3.8, 4) is 0 Å². The molecule has 1 aliphatic carbocycles. The van der Waals surface area contributed by atoms with Gasteiger partial charge in [-0.05, 0) is 37.6 Å². The first kappa shape index (κ1) is 13.4. The maximum Gasteiger partial charge on any atom is 0.123 e. The van der Waals surface area contributed by atoms with Crippen LogP contribution in [0, 0.1) is 5.82 Å². The van der Waals surface area contributed by atoms with Crippen molar-refractivity contribution < 1.29 is 4.39 Å². The van der Waals surface area contributed by atoms with Gasteiger partial charge in [0.25, 0.3) is 0 Å². The van der Waals surface area contributed by atoms with Gasteiger partial charge in [-0.15, -0.1) is 12.4 Å². The van der Waals surface area contributed by atoms with Gasteiger partial charge in [0.15, 0.2) is 0 Å². The van der Waals surface area contributed by atoms with Gasteiger partial charge in [0.2, 0.25) is 0 Å². The average Bonchev–Trinajstić information content (AvgIpc) is 2.82. The molecule has 0 saturated heterocycles. The molecule has 1 fully saturated rings. The number of nitrogens with two attached hydrogens (primary N) is 1. The maximum atomic E-state index is 12.9. The molecule has 0 atom stereocenters. The van der Waals surface area contributed by atoms with Gasteiger partial charge in [-0.3, -0.25) is 0 Å². The third-order valence-corrected chi connectivity index (χ3v) is 2.82. The molecule has 90 valence electrons. The number of halogens is 2. The molecule has 0 aliphatic heterocycles. The first-order valence-corrected chi connectivity index (χ1v) is 5.29. The summed E-state index contributed by atoms with van der Waals surface area (Å²) in [6.45, 7) is 1.65. The summed E-state index contributed by atoms with van der Waals surface area (Å²) >= 11 is 0. The molecule has 0 radical (unpaired) electrons. The lowest BCUT2D eigenvalue weighted by atomic mass is 10.2. The zero-order chi connectivity index (χ0) is 10.9. The second kappa shape index (κ2) is 5.13. The van der Waals surface area contributed by atoms with E-state index in [1.807, 2.05) is 13.1 Å². The molecular weight excluding hydrogens is 227 g/mol. The van der Waals surface area contributed by atoms with Crippen molar-refractivity contribution in [2.24, 2.45) is 5.73 Å². The Morgan fingerprint density at radius 2 is 2.12 bits per heavy atom. The summed E-state index contributed by atoms with van der Waals surface area (Å²) in [5.41, 5.74) is 7.05. The molecule has 4 heteroatoms. The Morgan fingerprint density at radius 1 is 1.44 bits per heavy atom. The highest BCUT2D eigenvalue weighted by atomic mass is 35.5. The fraction of sp³-hybridized carbons (Fsp3) is 0.500. The van der Waals surface area contributed by atoms with Crippen molar-refractivity contribution in [1.29, 1.82) is 0 Å². The van der Waals surface area contributed by atoms with Crippen LogP contribution in [0.5, 0.6) is 0 Å². The van der Waals surface area contributed by atoms with E-state index in [0.29, 0.717) is 0 Å². The minimum atomic E-state index is -0.171. The van der Waals surface area contributed by atoms with Crippen LogP contribution in [0.1, 0.15) is 18.4 Å². The van der Waals surface area contributed by atoms with Gasteiger partial charge in [-0.25, -0.2) is 4.39 Å². The minimum Gasteiger partial charge on any atom is -0.324 e. The van der Waals surface area contributed by atoms with Gasteiger partial charge in [-0.2, -0.15) is 0 Å². The highest BCUT2D eigenvalue weighted by Gasteiger charge is 2.38. The molecule has 2 N–H and O–H groups in total. The first-order valence-electron chi connectivity index (χ1n) is 5.29. The van der Waals surface area contributed by atoms with Gasteiger partial charge < -0.3 is 10.6 Å². The maximum absolute atomic E-state index is 12.9. The van der Waals surface area contributed by atoms with Crippen molar-refractivity contribution in [1.82, 2.24) is 4.90 Å². The second-order valence-corrected chi connectivity index (χ2v) is 4.66. The van der Waals surface area contributed by atoms with Crippen molar-refractivity contribution in [3.05, 3.63) is 35.6 Å². The molecule has 0 bridgehead atoms. The van der Waals surface area contributed by atoms with Crippen LogP contribution >= 0.6 is 12.4 Å². The summed E-state index contributed by atoms with van der Waals surface area (Å²) in [4.78, 5) is 2.15. The van der Waals surface area contributed by atoms with Crippen molar-refractivity contribution >= 4 is 12.4 Å². The quantitative estimate of drug-likeness (QED) is 0.880. The first-order chi connectivity index (χ1) is 7.07. The van der Waals surface area contributed by atoms with E-state index < -0.39 is 0 Å². The number of hydrogen-bond donors (Lipinski definition) is 1. The van der Waals surface area contributed by atoms with E-state index in [9.17, 15) is 4.39 Å². The number of likely N-dealkylation sites (N-methyl/N-ethyl adjacent to an activating group) is 1. The van der Waals surface area contributed by atoms with E-state index >= 15 is 0 Å². The van der Waals surface area contributed by atoms with Crippen molar-refractivity contribution in [2.75, 3.05) is 13.6 Å². The van der Waals surface area contributed by atoms with E-state index in [0.717, 1.165) is 31.5 Å². The van der Waals surface area contributed by atoms with Crippen LogP contribution in [0.4, 0.5) is 4.39 Å². The number of benzene rings is 1. The summed E-state index contributed by atoms with van der Waals surface area (Å²) in [6, 6.07) is 6.73. The lowest BCUT2D eigenvalue weighted by molar-refractivity contribution is 0.295. The summed E-state index contributed by atoms with van der Waals surface area (Å²) in [6.07, 6.45) is 2.22. The molecule has 0 spiro atoms. The van der Waals surface area contributed by atoms with Crippen LogP contribution in [0.3, 0.4) is 0 Å². The van der Waals surface area contributed by atoms with E-state index in [2.05, 4.69) is 4.90 Å². The van der Waals surface area contributed by atoms with Crippen LogP contribution < -0.4 is 5.73 Å². The van der Waals surface area contributed by atoms with E-state index in [1.54, 1.807) is 12.1 Å². The normalized spacial score (nSPS) is 17.0. The van der Waals surface area contributed by atoms with Gasteiger partial charge in [-0.1, -0.05) is 12.1 Å². The van der Waals surface area contributed by atoms with Gasteiger partial charge in [0.05, 0.1) is 0 Å². The summed E-state index contributed by atoms with van der Waals surface area (Å²) < 4.78 is 12.9. The fourth-order valence-corrected chi connectivity index (χ4v) is 1.86. The molecule has 0 aromatic heterocycles. The average molecular weight is 245 g/mol. The van der Waals surface area contributed by atoms with Crippen LogP contribution in [0.2, 0.25) is 0 Å². The molecule has 16 heavy (non-hydrogen) atoms. The van der Waals surface area contributed by atoms with E-state index in [1.165, 1.54) is 6.07 Å². The highest BCUT2D eigenvalue weighted by Crippen LogP contribution is 2.32. The standard InChI is InChI=1S/C12H17FN2.ClH/c1-15(9-12(14)5-6-12)8-10-3-2-4-11(13)7-10;/h2-4,7H,5-6,8-9,14H2,1H3;1H. The monoisotopic (exact) mass is 244 g/mol. The third kappa shape index (κ3) is 3.74. The van der Waals surface area contributed by atoms with Crippen LogP contribution in [0.15, 0.2) is 24.3 Å². The van der Waals surface area contributed by atoms with Crippen LogP contribution in [-0.2, 0) is 6.54 Å². The molecular formula is C12H18ClFN2. The number of nitrogens with zero attached hydrogens (tertiary/aromatic N) is 1. The van der Waals surface area contributed by atoms with Crippen molar-refractivity contribution in [3.63, 3.8) is 0 Å². The number of rotatable bonds is 4. The molecule has 2 nitrogen and oxygen atoms in total. The van der Waals surface area contributed by atoms with Gasteiger partial charge in [0.1, 0.15) is 5.82 Å². The topological polar surface area (TPSA) is 29.3 Å². The van der Waals surface area contributed by atoms with E-state index in [4.69, 9.17) is 5.73 Å². The zero-order valence-electron chi connectivity index (χ0n) is 9.45. The Labute approximate surface area is 102 Å². The molecule has 1 aromatic carbocycles. The molecule has 0 unspecified atom stereocenters. The van der Waals surface area contributed by atoms with Crippen molar-refractivity contribution in [2.45, 2.75) is 24.9 Å². The second-order valence-electron chi connectivity index (χ2n) is 4.66. The fourth-order valence-electron chi connectivity index (χ4n) is 1.86. The summed E-state index contributed by atoms with van der Waals surface area (Å²) in [7, 11) is 2.03. The Balaban J connectivity index is 0.00000128. The highest BCUT2D eigenvalue weighted by molar-refractivity contribution is 5.85. The summed E-state index contributed by atoms with van der Waals surface area (Å²) in [5, 5.41) is 0. The zero-order valence-corrected chi connectivity index (χ0v) is 10.3. The third-order valence-electron chi connectivity index (χ3n) is 2.82. The summed E-state index contributed by atoms with van der Waals surface area (Å²) in [5.74, 6) is -0.171. The molecule has 0 amide bonds. The molecule has 1 aliphatic rings. The van der Waals surface area contributed by atoms with Gasteiger partial charge in [0, 0.05) is 18.6 Å².